The molecule has 2 rings (SSSR count). The molecule has 5 nitrogen and oxygen atoms in total. The van der Waals surface area contributed by atoms with Crippen molar-refractivity contribution in [3.8, 4) is 5.75 Å². The van der Waals surface area contributed by atoms with Crippen LogP contribution < -0.4 is 16.0 Å². The summed E-state index contributed by atoms with van der Waals surface area (Å²) in [4.78, 5) is 0. The Morgan fingerprint density at radius 2 is 2.30 bits per heavy atom. The summed E-state index contributed by atoms with van der Waals surface area (Å²) < 4.78 is 9.43. The van der Waals surface area contributed by atoms with Gasteiger partial charge in [0, 0.05) is 14.6 Å². The first-order valence-corrected chi connectivity index (χ1v) is 8.00. The minimum absolute atomic E-state index is 0.184. The average Bonchev–Trinajstić information content (AvgIpc) is 2.86. The van der Waals surface area contributed by atoms with Crippen LogP contribution in [0.5, 0.6) is 5.75 Å². The van der Waals surface area contributed by atoms with Crippen molar-refractivity contribution in [1.29, 1.82) is 0 Å². The lowest BCUT2D eigenvalue weighted by atomic mass is 10.0. The summed E-state index contributed by atoms with van der Waals surface area (Å²) in [5.41, 5.74) is 4.88. The van der Waals surface area contributed by atoms with Gasteiger partial charge in [0.1, 0.15) is 5.69 Å². The molecule has 1 heterocycles. The number of nitrogens with zero attached hydrogens (tertiary/aromatic N) is 2. The number of halogens is 2. The van der Waals surface area contributed by atoms with Gasteiger partial charge in [-0.05, 0) is 53.3 Å². The third-order valence-corrected chi connectivity index (χ3v) is 4.55. The van der Waals surface area contributed by atoms with Gasteiger partial charge in [0.05, 0.1) is 19.3 Å². The molecular weight excluding hydrogens is 435 g/mol. The molecule has 0 aliphatic carbocycles. The summed E-state index contributed by atoms with van der Waals surface area (Å²) in [7, 11) is 1.64. The molecule has 2 aromatic rings. The van der Waals surface area contributed by atoms with Crippen LogP contribution in [0, 0.1) is 3.57 Å². The number of aryl methyl sites for hydroxylation is 1. The molecule has 0 saturated heterocycles. The van der Waals surface area contributed by atoms with Crippen LogP contribution >= 0.6 is 38.5 Å². The van der Waals surface area contributed by atoms with E-state index in [1.165, 1.54) is 0 Å². The fourth-order valence-electron chi connectivity index (χ4n) is 2.13. The lowest BCUT2D eigenvalue weighted by Crippen LogP contribution is -2.31. The van der Waals surface area contributed by atoms with Gasteiger partial charge in [-0.1, -0.05) is 15.9 Å². The maximum atomic E-state index is 5.80. The molecule has 0 amide bonds. The maximum Gasteiger partial charge on any atom is 0.161 e. The first-order valence-electron chi connectivity index (χ1n) is 6.13. The molecule has 0 saturated carbocycles. The van der Waals surface area contributed by atoms with E-state index in [0.717, 1.165) is 31.6 Å². The van der Waals surface area contributed by atoms with Gasteiger partial charge >= 0.3 is 0 Å². The highest BCUT2D eigenvalue weighted by Crippen LogP contribution is 2.33. The van der Waals surface area contributed by atoms with Crippen LogP contribution in [-0.2, 0) is 6.54 Å². The van der Waals surface area contributed by atoms with Crippen LogP contribution in [0.3, 0.4) is 0 Å². The van der Waals surface area contributed by atoms with Crippen LogP contribution in [-0.4, -0.2) is 16.9 Å². The van der Waals surface area contributed by atoms with Crippen molar-refractivity contribution in [2.45, 2.75) is 19.5 Å². The summed E-state index contributed by atoms with van der Waals surface area (Å²) in [6.45, 7) is 2.79. The van der Waals surface area contributed by atoms with Crippen molar-refractivity contribution in [2.75, 3.05) is 7.11 Å². The molecule has 0 aliphatic heterocycles. The lowest BCUT2D eigenvalue weighted by molar-refractivity contribution is 0.399. The molecule has 0 bridgehead atoms. The van der Waals surface area contributed by atoms with Crippen molar-refractivity contribution in [1.82, 2.24) is 15.2 Å². The van der Waals surface area contributed by atoms with Crippen molar-refractivity contribution in [3.63, 3.8) is 0 Å². The zero-order chi connectivity index (χ0) is 14.7. The van der Waals surface area contributed by atoms with Crippen LogP contribution in [0.4, 0.5) is 0 Å². The molecule has 0 fully saturated rings. The van der Waals surface area contributed by atoms with E-state index in [1.54, 1.807) is 13.3 Å². The number of benzene rings is 1. The number of ether oxygens (including phenoxy) is 1. The van der Waals surface area contributed by atoms with Crippen molar-refractivity contribution < 1.29 is 4.74 Å². The van der Waals surface area contributed by atoms with Gasteiger partial charge in [0.15, 0.2) is 5.75 Å². The minimum atomic E-state index is -0.184. The Balaban J connectivity index is 2.57. The number of methoxy groups -OCH3 is 1. The molecule has 1 unspecified atom stereocenters. The molecule has 3 N–H and O–H groups in total. The van der Waals surface area contributed by atoms with Crippen LogP contribution in [0.1, 0.15) is 24.2 Å². The second-order valence-corrected chi connectivity index (χ2v) is 6.26. The third-order valence-electron chi connectivity index (χ3n) is 3.07. The monoisotopic (exact) mass is 450 g/mol. The summed E-state index contributed by atoms with van der Waals surface area (Å²) in [5.74, 6) is 6.52. The predicted octanol–water partition coefficient (Wildman–Crippen LogP) is 2.83. The molecule has 0 aliphatic rings. The summed E-state index contributed by atoms with van der Waals surface area (Å²) in [6, 6.07) is 5.92. The van der Waals surface area contributed by atoms with Gasteiger partial charge in [0.2, 0.25) is 0 Å². The van der Waals surface area contributed by atoms with Gasteiger partial charge < -0.3 is 4.74 Å². The van der Waals surface area contributed by atoms with Crippen molar-refractivity contribution in [3.05, 3.63) is 43.7 Å². The number of nitrogens with two attached hydrogens (primary N) is 1. The predicted molar refractivity (Wildman–Crippen MR) is 90.5 cm³/mol. The van der Waals surface area contributed by atoms with Crippen LogP contribution in [0.2, 0.25) is 0 Å². The Hall–Kier alpha value is -0.640. The highest BCUT2D eigenvalue weighted by molar-refractivity contribution is 14.1. The maximum absolute atomic E-state index is 5.80. The standard InChI is InChI=1S/C13H16BrIN4O/c1-3-19-13(11(20-2)7-17-19)12(18-16)9-6-8(14)4-5-10(9)15/h4-7,12,18H,3,16H2,1-2H3. The Bertz CT molecular complexity index is 581. The molecule has 7 heteroatoms. The van der Waals surface area contributed by atoms with E-state index in [2.05, 4.69) is 55.1 Å². The Morgan fingerprint density at radius 1 is 1.55 bits per heavy atom. The zero-order valence-electron chi connectivity index (χ0n) is 11.2. The smallest absolute Gasteiger partial charge is 0.161 e. The van der Waals surface area contributed by atoms with E-state index < -0.39 is 0 Å². The molecule has 0 radical (unpaired) electrons. The zero-order valence-corrected chi connectivity index (χ0v) is 15.0. The number of aromatic nitrogens is 2. The van der Waals surface area contributed by atoms with E-state index in [1.807, 2.05) is 23.7 Å². The second-order valence-electron chi connectivity index (χ2n) is 4.18. The molecule has 108 valence electrons. The first kappa shape index (κ1) is 15.7. The second kappa shape index (κ2) is 6.88. The molecule has 20 heavy (non-hydrogen) atoms. The number of rotatable bonds is 5. The number of hydrogen-bond acceptors (Lipinski definition) is 4. The fourth-order valence-corrected chi connectivity index (χ4v) is 3.16. The Labute approximate surface area is 140 Å². The lowest BCUT2D eigenvalue weighted by Gasteiger charge is -2.20. The highest BCUT2D eigenvalue weighted by Gasteiger charge is 2.24. The van der Waals surface area contributed by atoms with Crippen LogP contribution in [0.15, 0.2) is 28.9 Å². The average molecular weight is 451 g/mol. The largest absolute Gasteiger partial charge is 0.493 e. The van der Waals surface area contributed by atoms with Crippen LogP contribution in [0.25, 0.3) is 0 Å². The fraction of sp³-hybridized carbons (Fsp3) is 0.308. The highest BCUT2D eigenvalue weighted by atomic mass is 127. The summed E-state index contributed by atoms with van der Waals surface area (Å²) in [5, 5.41) is 4.33. The molecular formula is C13H16BrIN4O. The third kappa shape index (κ3) is 3.00. The molecule has 1 aromatic carbocycles. The Morgan fingerprint density at radius 3 is 2.90 bits per heavy atom. The molecule has 1 atom stereocenters. The quantitative estimate of drug-likeness (QED) is 0.417. The normalized spacial score (nSPS) is 12.4. The van der Waals surface area contributed by atoms with E-state index in [-0.39, 0.29) is 6.04 Å². The first-order chi connectivity index (χ1) is 9.62. The van der Waals surface area contributed by atoms with E-state index in [0.29, 0.717) is 0 Å². The molecule has 1 aromatic heterocycles. The van der Waals surface area contributed by atoms with Gasteiger partial charge in [-0.15, -0.1) is 0 Å². The number of hydrazine groups is 1. The van der Waals surface area contributed by atoms with Gasteiger partial charge in [-0.3, -0.25) is 10.5 Å². The SMILES string of the molecule is CCn1ncc(OC)c1C(NN)c1cc(Br)ccc1I. The minimum Gasteiger partial charge on any atom is -0.493 e. The van der Waals surface area contributed by atoms with E-state index in [9.17, 15) is 0 Å². The van der Waals surface area contributed by atoms with Gasteiger partial charge in [-0.25, -0.2) is 5.43 Å². The van der Waals surface area contributed by atoms with Crippen molar-refractivity contribution >= 4 is 38.5 Å². The number of nitrogens with one attached hydrogen (secondary N) is 1. The van der Waals surface area contributed by atoms with E-state index >= 15 is 0 Å². The van der Waals surface area contributed by atoms with Gasteiger partial charge in [-0.2, -0.15) is 5.10 Å². The Kier molecular flexibility index (Phi) is 5.42. The van der Waals surface area contributed by atoms with Gasteiger partial charge in [0.25, 0.3) is 0 Å². The van der Waals surface area contributed by atoms with E-state index in [4.69, 9.17) is 10.6 Å². The molecule has 0 spiro atoms. The van der Waals surface area contributed by atoms with Crippen molar-refractivity contribution in [2.24, 2.45) is 5.84 Å². The summed E-state index contributed by atoms with van der Waals surface area (Å²) >= 11 is 5.80. The number of hydrogen-bond donors (Lipinski definition) is 2. The summed E-state index contributed by atoms with van der Waals surface area (Å²) in [6.07, 6.45) is 1.72. The topological polar surface area (TPSA) is 65.1 Å².